The summed E-state index contributed by atoms with van der Waals surface area (Å²) < 4.78 is 0. The number of H-pyrrole nitrogens is 1. The number of aryl methyl sites for hydroxylation is 1. The van der Waals surface area contributed by atoms with Crippen molar-refractivity contribution in [2.45, 2.75) is 13.5 Å². The molecule has 0 saturated heterocycles. The van der Waals surface area contributed by atoms with Crippen LogP contribution in [0.1, 0.15) is 21.5 Å². The summed E-state index contributed by atoms with van der Waals surface area (Å²) >= 11 is 12.0. The van der Waals surface area contributed by atoms with E-state index in [0.29, 0.717) is 15.7 Å². The quantitative estimate of drug-likeness (QED) is 0.250. The van der Waals surface area contributed by atoms with Gasteiger partial charge in [0.15, 0.2) is 0 Å². The van der Waals surface area contributed by atoms with Gasteiger partial charge in [-0.2, -0.15) is 0 Å². The van der Waals surface area contributed by atoms with Crippen LogP contribution in [0.3, 0.4) is 0 Å². The number of nitrogens with zero attached hydrogens (tertiary/aromatic N) is 2. The molecule has 0 fully saturated rings. The maximum atomic E-state index is 13.0. The van der Waals surface area contributed by atoms with Gasteiger partial charge in [0.1, 0.15) is 0 Å². The van der Waals surface area contributed by atoms with E-state index in [1.807, 2.05) is 31.2 Å². The van der Waals surface area contributed by atoms with Crippen molar-refractivity contribution < 1.29 is 9.72 Å². The Morgan fingerprint density at radius 1 is 1.09 bits per heavy atom. The summed E-state index contributed by atoms with van der Waals surface area (Å²) in [5.74, 6) is -0.579. The number of benzene rings is 3. The number of aromatic amines is 1. The van der Waals surface area contributed by atoms with E-state index in [2.05, 4.69) is 20.6 Å². The molecular formula is C23H17Cl2N5O4. The number of hydrogen-bond acceptors (Lipinski definition) is 6. The van der Waals surface area contributed by atoms with E-state index in [1.165, 1.54) is 0 Å². The molecule has 4 aromatic rings. The fraction of sp³-hybridized carbons (Fsp3) is 0.0870. The van der Waals surface area contributed by atoms with Gasteiger partial charge in [0, 0.05) is 24.4 Å². The van der Waals surface area contributed by atoms with E-state index >= 15 is 0 Å². The lowest BCUT2D eigenvalue weighted by Crippen LogP contribution is -2.24. The molecule has 0 unspecified atom stereocenters. The third-order valence-electron chi connectivity index (χ3n) is 5.01. The van der Waals surface area contributed by atoms with Crippen LogP contribution >= 0.6 is 23.2 Å². The minimum absolute atomic E-state index is 0.0123. The summed E-state index contributed by atoms with van der Waals surface area (Å²) in [5.41, 5.74) is 1.28. The first-order chi connectivity index (χ1) is 16.2. The van der Waals surface area contributed by atoms with Crippen LogP contribution in [0, 0.1) is 17.0 Å². The number of carbonyl (C=O) groups is 1. The highest BCUT2D eigenvalue weighted by Gasteiger charge is 2.20. The van der Waals surface area contributed by atoms with E-state index in [1.54, 1.807) is 18.2 Å². The van der Waals surface area contributed by atoms with E-state index in [4.69, 9.17) is 23.2 Å². The van der Waals surface area contributed by atoms with Crippen molar-refractivity contribution in [3.63, 3.8) is 0 Å². The number of rotatable bonds is 6. The molecule has 3 N–H and O–H groups in total. The molecule has 0 radical (unpaired) electrons. The van der Waals surface area contributed by atoms with Gasteiger partial charge in [0.25, 0.3) is 17.2 Å². The summed E-state index contributed by atoms with van der Waals surface area (Å²) in [7, 11) is 0. The molecule has 0 spiro atoms. The molecule has 11 heteroatoms. The van der Waals surface area contributed by atoms with Crippen LogP contribution < -0.4 is 16.2 Å². The van der Waals surface area contributed by atoms with Crippen LogP contribution in [-0.4, -0.2) is 20.8 Å². The number of amides is 1. The smallest absolute Gasteiger partial charge is 0.271 e. The van der Waals surface area contributed by atoms with Crippen molar-refractivity contribution in [3.8, 4) is 0 Å². The molecule has 0 aliphatic heterocycles. The summed E-state index contributed by atoms with van der Waals surface area (Å²) in [4.78, 5) is 43.3. The number of nitro benzene ring substituents is 1. The molecule has 1 amide bonds. The van der Waals surface area contributed by atoms with Crippen LogP contribution in [-0.2, 0) is 6.54 Å². The van der Waals surface area contributed by atoms with Gasteiger partial charge in [-0.05, 0) is 30.7 Å². The second-order valence-electron chi connectivity index (χ2n) is 7.48. The maximum absolute atomic E-state index is 13.0. The molecule has 0 saturated carbocycles. The Bertz CT molecular complexity index is 1490. The van der Waals surface area contributed by atoms with Crippen molar-refractivity contribution in [2.75, 3.05) is 5.32 Å². The van der Waals surface area contributed by atoms with Gasteiger partial charge in [0.2, 0.25) is 5.95 Å². The van der Waals surface area contributed by atoms with E-state index in [0.717, 1.165) is 23.3 Å². The highest BCUT2D eigenvalue weighted by Crippen LogP contribution is 2.27. The minimum atomic E-state index is -0.669. The van der Waals surface area contributed by atoms with Gasteiger partial charge in [-0.25, -0.2) is 4.98 Å². The Morgan fingerprint density at radius 2 is 1.82 bits per heavy atom. The number of halogens is 2. The van der Waals surface area contributed by atoms with Gasteiger partial charge in [-0.15, -0.1) is 0 Å². The normalized spacial score (nSPS) is 10.8. The lowest BCUT2D eigenvalue weighted by atomic mass is 10.1. The van der Waals surface area contributed by atoms with Crippen molar-refractivity contribution >= 4 is 57.3 Å². The monoisotopic (exact) mass is 497 g/mol. The topological polar surface area (TPSA) is 130 Å². The SMILES string of the molecule is Cc1ccc(CNC(=O)c2cc([N+](=O)[O-])cc3c(=O)[nH]c(Nc4ccc(Cl)c(Cl)c4)nc23)cc1. The highest BCUT2D eigenvalue weighted by molar-refractivity contribution is 6.42. The number of nitro groups is 1. The first-order valence-corrected chi connectivity index (χ1v) is 10.7. The summed E-state index contributed by atoms with van der Waals surface area (Å²) in [6, 6.07) is 14.5. The number of fused-ring (bicyclic) bond motifs is 1. The van der Waals surface area contributed by atoms with E-state index in [-0.39, 0.29) is 29.0 Å². The van der Waals surface area contributed by atoms with Gasteiger partial charge in [-0.3, -0.25) is 24.7 Å². The third kappa shape index (κ3) is 5.00. The van der Waals surface area contributed by atoms with Crippen LogP contribution in [0.25, 0.3) is 10.9 Å². The lowest BCUT2D eigenvalue weighted by molar-refractivity contribution is -0.384. The predicted molar refractivity (Wildman–Crippen MR) is 131 cm³/mol. The van der Waals surface area contributed by atoms with Gasteiger partial charge < -0.3 is 10.6 Å². The number of carbonyl (C=O) groups excluding carboxylic acids is 1. The van der Waals surface area contributed by atoms with Crippen LogP contribution in [0.5, 0.6) is 0 Å². The van der Waals surface area contributed by atoms with Crippen LogP contribution in [0.2, 0.25) is 10.0 Å². The minimum Gasteiger partial charge on any atom is -0.348 e. The first-order valence-electron chi connectivity index (χ1n) is 9.99. The molecule has 0 aliphatic rings. The van der Waals surface area contributed by atoms with E-state index in [9.17, 15) is 19.7 Å². The second kappa shape index (κ2) is 9.50. The van der Waals surface area contributed by atoms with Crippen LogP contribution in [0.15, 0.2) is 59.4 Å². The molecule has 172 valence electrons. The molecule has 1 aromatic heterocycles. The Morgan fingerprint density at radius 3 is 2.50 bits per heavy atom. The van der Waals surface area contributed by atoms with Crippen molar-refractivity contribution in [3.05, 3.63) is 102 Å². The molecule has 3 aromatic carbocycles. The fourth-order valence-electron chi connectivity index (χ4n) is 3.26. The Labute approximate surface area is 202 Å². The van der Waals surface area contributed by atoms with Crippen LogP contribution in [0.4, 0.5) is 17.3 Å². The second-order valence-corrected chi connectivity index (χ2v) is 8.30. The standard InChI is InChI=1S/C23H17Cl2N5O4/c1-12-2-4-13(5-3-12)11-26-21(31)16-9-15(30(33)34)10-17-20(16)28-23(29-22(17)32)27-14-6-7-18(24)19(25)8-14/h2-10H,11H2,1H3,(H,26,31)(H2,27,28,29,32). The zero-order chi connectivity index (χ0) is 24.4. The summed E-state index contributed by atoms with van der Waals surface area (Å²) in [5, 5.41) is 17.6. The number of hydrogen-bond donors (Lipinski definition) is 3. The first kappa shape index (κ1) is 23.2. The van der Waals surface area contributed by atoms with Crippen molar-refractivity contribution in [2.24, 2.45) is 0 Å². The third-order valence-corrected chi connectivity index (χ3v) is 5.75. The summed E-state index contributed by atoms with van der Waals surface area (Å²) in [6.45, 7) is 2.14. The zero-order valence-electron chi connectivity index (χ0n) is 17.7. The Kier molecular flexibility index (Phi) is 6.49. The average molecular weight is 498 g/mol. The molecule has 34 heavy (non-hydrogen) atoms. The zero-order valence-corrected chi connectivity index (χ0v) is 19.2. The number of aromatic nitrogens is 2. The molecule has 0 aliphatic carbocycles. The predicted octanol–water partition coefficient (Wildman–Crippen LogP) is 5.12. The fourth-order valence-corrected chi connectivity index (χ4v) is 3.56. The molecule has 1 heterocycles. The number of anilines is 2. The number of non-ortho nitro benzene ring substituents is 1. The van der Waals surface area contributed by atoms with Gasteiger partial charge in [-0.1, -0.05) is 53.0 Å². The van der Waals surface area contributed by atoms with Gasteiger partial charge in [0.05, 0.1) is 31.4 Å². The lowest BCUT2D eigenvalue weighted by Gasteiger charge is -2.11. The Hall–Kier alpha value is -3.95. The average Bonchev–Trinajstić information content (AvgIpc) is 2.80. The van der Waals surface area contributed by atoms with E-state index < -0.39 is 22.1 Å². The number of nitrogens with one attached hydrogen (secondary N) is 3. The molecule has 4 rings (SSSR count). The Balaban J connectivity index is 1.74. The molecule has 0 atom stereocenters. The highest BCUT2D eigenvalue weighted by atomic mass is 35.5. The van der Waals surface area contributed by atoms with Gasteiger partial charge >= 0.3 is 0 Å². The molecule has 9 nitrogen and oxygen atoms in total. The molecular weight excluding hydrogens is 481 g/mol. The van der Waals surface area contributed by atoms with Crippen molar-refractivity contribution in [1.82, 2.24) is 15.3 Å². The summed E-state index contributed by atoms with van der Waals surface area (Å²) in [6.07, 6.45) is 0. The maximum Gasteiger partial charge on any atom is 0.271 e. The molecule has 0 bridgehead atoms. The van der Waals surface area contributed by atoms with Crippen molar-refractivity contribution in [1.29, 1.82) is 0 Å². The largest absolute Gasteiger partial charge is 0.348 e.